The minimum Gasteiger partial charge on any atom is -0.468 e. The third kappa shape index (κ3) is 1.61. The number of benzene rings is 1. The summed E-state index contributed by atoms with van der Waals surface area (Å²) in [6.45, 7) is 0.851. The number of carbonyl (C=O) groups is 1. The Bertz CT molecular complexity index is 377. The fourth-order valence-corrected chi connectivity index (χ4v) is 2.46. The van der Waals surface area contributed by atoms with Crippen LogP contribution in [0.5, 0.6) is 0 Å². The van der Waals surface area contributed by atoms with E-state index in [9.17, 15) is 4.79 Å². The van der Waals surface area contributed by atoms with Gasteiger partial charge < -0.3 is 10.1 Å². The molecule has 16 heavy (non-hydrogen) atoms. The Morgan fingerprint density at radius 3 is 2.75 bits per heavy atom. The number of methoxy groups -OCH3 is 1. The Morgan fingerprint density at radius 1 is 1.50 bits per heavy atom. The maximum atomic E-state index is 11.9. The van der Waals surface area contributed by atoms with Crippen molar-refractivity contribution in [3.63, 3.8) is 0 Å². The van der Waals surface area contributed by atoms with Crippen LogP contribution in [0.1, 0.15) is 12.0 Å². The normalized spacial score (nSPS) is 27.5. The van der Waals surface area contributed by atoms with Crippen molar-refractivity contribution in [2.24, 2.45) is 5.92 Å². The summed E-state index contributed by atoms with van der Waals surface area (Å²) >= 11 is 0. The molecule has 1 fully saturated rings. The highest BCUT2D eigenvalue weighted by atomic mass is 16.5. The maximum absolute atomic E-state index is 11.9. The molecule has 2 atom stereocenters. The largest absolute Gasteiger partial charge is 0.468 e. The molecule has 1 N–H and O–H groups in total. The smallest absolute Gasteiger partial charge is 0.316 e. The van der Waals surface area contributed by atoms with Crippen LogP contribution in [-0.4, -0.2) is 26.7 Å². The standard InChI is InChI=1S/C13H17NO2/c1-14-9-11-8-13(11,12(15)16-2)10-6-4-3-5-7-10/h3-7,11,14H,8-9H2,1-2H3. The summed E-state index contributed by atoms with van der Waals surface area (Å²) in [6.07, 6.45) is 0.879. The second-order valence-corrected chi connectivity index (χ2v) is 4.29. The highest BCUT2D eigenvalue weighted by molar-refractivity contribution is 5.87. The Labute approximate surface area is 95.8 Å². The van der Waals surface area contributed by atoms with Crippen LogP contribution in [0.2, 0.25) is 0 Å². The molecule has 0 saturated heterocycles. The number of ether oxygens (including phenoxy) is 1. The molecule has 0 aliphatic heterocycles. The zero-order chi connectivity index (χ0) is 11.6. The van der Waals surface area contributed by atoms with Gasteiger partial charge in [-0.1, -0.05) is 30.3 Å². The third-order valence-electron chi connectivity index (χ3n) is 3.39. The molecular formula is C13H17NO2. The highest BCUT2D eigenvalue weighted by Gasteiger charge is 2.61. The molecule has 0 bridgehead atoms. The van der Waals surface area contributed by atoms with Gasteiger partial charge in [-0.2, -0.15) is 0 Å². The predicted molar refractivity (Wildman–Crippen MR) is 62.2 cm³/mol. The van der Waals surface area contributed by atoms with E-state index in [2.05, 4.69) is 5.32 Å². The van der Waals surface area contributed by atoms with Crippen LogP contribution in [0.25, 0.3) is 0 Å². The first-order valence-corrected chi connectivity index (χ1v) is 5.54. The second-order valence-electron chi connectivity index (χ2n) is 4.29. The molecule has 2 rings (SSSR count). The summed E-state index contributed by atoms with van der Waals surface area (Å²) in [5.74, 6) is 0.242. The molecule has 1 aromatic carbocycles. The molecule has 1 saturated carbocycles. The predicted octanol–water partition coefficient (Wildman–Crippen LogP) is 1.34. The van der Waals surface area contributed by atoms with E-state index < -0.39 is 5.41 Å². The van der Waals surface area contributed by atoms with Gasteiger partial charge in [0, 0.05) is 0 Å². The minimum absolute atomic E-state index is 0.112. The lowest BCUT2D eigenvalue weighted by Crippen LogP contribution is -2.27. The molecule has 1 aliphatic rings. The van der Waals surface area contributed by atoms with Gasteiger partial charge in [-0.05, 0) is 31.5 Å². The number of carbonyl (C=O) groups excluding carboxylic acids is 1. The summed E-state index contributed by atoms with van der Waals surface area (Å²) in [5, 5.41) is 3.13. The van der Waals surface area contributed by atoms with Gasteiger partial charge in [-0.25, -0.2) is 0 Å². The fraction of sp³-hybridized carbons (Fsp3) is 0.462. The molecule has 1 aromatic rings. The molecule has 1 aliphatic carbocycles. The molecule has 0 heterocycles. The lowest BCUT2D eigenvalue weighted by atomic mass is 9.93. The summed E-state index contributed by atoms with van der Waals surface area (Å²) in [6, 6.07) is 9.91. The zero-order valence-electron chi connectivity index (χ0n) is 9.69. The fourth-order valence-electron chi connectivity index (χ4n) is 2.46. The van der Waals surface area contributed by atoms with Crippen molar-refractivity contribution in [3.8, 4) is 0 Å². The minimum atomic E-state index is -0.404. The summed E-state index contributed by atoms with van der Waals surface area (Å²) in [7, 11) is 3.37. The van der Waals surface area contributed by atoms with Gasteiger partial charge in [-0.15, -0.1) is 0 Å². The molecular weight excluding hydrogens is 202 g/mol. The van der Waals surface area contributed by atoms with Gasteiger partial charge in [0.2, 0.25) is 0 Å². The van der Waals surface area contributed by atoms with E-state index >= 15 is 0 Å². The van der Waals surface area contributed by atoms with Crippen LogP contribution in [0, 0.1) is 5.92 Å². The second kappa shape index (κ2) is 4.26. The van der Waals surface area contributed by atoms with Crippen LogP contribution >= 0.6 is 0 Å². The van der Waals surface area contributed by atoms with Gasteiger partial charge >= 0.3 is 5.97 Å². The Morgan fingerprint density at radius 2 is 2.19 bits per heavy atom. The van der Waals surface area contributed by atoms with E-state index in [1.54, 1.807) is 0 Å². The Kier molecular flexibility index (Phi) is 2.97. The van der Waals surface area contributed by atoms with Crippen molar-refractivity contribution in [1.82, 2.24) is 5.32 Å². The Hall–Kier alpha value is -1.35. The van der Waals surface area contributed by atoms with Crippen LogP contribution in [0.15, 0.2) is 30.3 Å². The molecule has 3 heteroatoms. The van der Waals surface area contributed by atoms with E-state index in [0.29, 0.717) is 5.92 Å². The first-order chi connectivity index (χ1) is 7.75. The SMILES string of the molecule is CNCC1CC1(C(=O)OC)c1ccccc1. The van der Waals surface area contributed by atoms with Gasteiger partial charge in [0.15, 0.2) is 0 Å². The summed E-state index contributed by atoms with van der Waals surface area (Å²) in [4.78, 5) is 11.9. The van der Waals surface area contributed by atoms with E-state index in [4.69, 9.17) is 4.74 Å². The van der Waals surface area contributed by atoms with Crippen LogP contribution in [0.4, 0.5) is 0 Å². The van der Waals surface area contributed by atoms with Crippen LogP contribution in [0.3, 0.4) is 0 Å². The summed E-state index contributed by atoms with van der Waals surface area (Å²) < 4.78 is 4.94. The van der Waals surface area contributed by atoms with E-state index in [1.807, 2.05) is 37.4 Å². The first-order valence-electron chi connectivity index (χ1n) is 5.54. The van der Waals surface area contributed by atoms with E-state index in [1.165, 1.54) is 7.11 Å². The quantitative estimate of drug-likeness (QED) is 0.777. The average Bonchev–Trinajstić information content (AvgIpc) is 3.05. The Balaban J connectivity index is 2.28. The molecule has 0 radical (unpaired) electrons. The van der Waals surface area contributed by atoms with E-state index in [0.717, 1.165) is 18.5 Å². The lowest BCUT2D eigenvalue weighted by Gasteiger charge is -2.15. The number of hydrogen-bond acceptors (Lipinski definition) is 3. The summed E-state index contributed by atoms with van der Waals surface area (Å²) in [5.41, 5.74) is 0.668. The zero-order valence-corrected chi connectivity index (χ0v) is 9.69. The molecule has 2 unspecified atom stereocenters. The topological polar surface area (TPSA) is 38.3 Å². The van der Waals surface area contributed by atoms with Crippen LogP contribution in [-0.2, 0) is 14.9 Å². The van der Waals surface area contributed by atoms with Crippen molar-refractivity contribution in [2.75, 3.05) is 20.7 Å². The number of hydrogen-bond donors (Lipinski definition) is 1. The first kappa shape index (κ1) is 11.1. The van der Waals surface area contributed by atoms with Crippen LogP contribution < -0.4 is 5.32 Å². The molecule has 0 spiro atoms. The van der Waals surface area contributed by atoms with Crippen molar-refractivity contribution in [2.45, 2.75) is 11.8 Å². The van der Waals surface area contributed by atoms with Crippen molar-refractivity contribution in [1.29, 1.82) is 0 Å². The molecule has 3 nitrogen and oxygen atoms in total. The maximum Gasteiger partial charge on any atom is 0.316 e. The van der Waals surface area contributed by atoms with Gasteiger partial charge in [0.05, 0.1) is 12.5 Å². The van der Waals surface area contributed by atoms with Gasteiger partial charge in [0.25, 0.3) is 0 Å². The third-order valence-corrected chi connectivity index (χ3v) is 3.39. The lowest BCUT2D eigenvalue weighted by molar-refractivity contribution is -0.144. The van der Waals surface area contributed by atoms with Gasteiger partial charge in [-0.3, -0.25) is 4.79 Å². The molecule has 0 amide bonds. The molecule has 0 aromatic heterocycles. The highest BCUT2D eigenvalue weighted by Crippen LogP contribution is 2.54. The van der Waals surface area contributed by atoms with E-state index in [-0.39, 0.29) is 5.97 Å². The number of rotatable bonds is 4. The number of nitrogens with one attached hydrogen (secondary N) is 1. The number of esters is 1. The van der Waals surface area contributed by atoms with Crippen molar-refractivity contribution >= 4 is 5.97 Å². The van der Waals surface area contributed by atoms with Crippen molar-refractivity contribution in [3.05, 3.63) is 35.9 Å². The average molecular weight is 219 g/mol. The molecule has 86 valence electrons. The van der Waals surface area contributed by atoms with Gasteiger partial charge in [0.1, 0.15) is 0 Å². The van der Waals surface area contributed by atoms with Crippen molar-refractivity contribution < 1.29 is 9.53 Å². The monoisotopic (exact) mass is 219 g/mol.